The number of aryl methyl sites for hydroxylation is 2. The van der Waals surface area contributed by atoms with E-state index in [1.165, 1.54) is 125 Å². The van der Waals surface area contributed by atoms with Crippen molar-refractivity contribution < 1.29 is 107 Å². The van der Waals surface area contributed by atoms with E-state index in [4.69, 9.17) is 58.7 Å². The number of aliphatic hydroxyl groups is 5. The van der Waals surface area contributed by atoms with Crippen LogP contribution in [0.3, 0.4) is 0 Å². The first-order valence-corrected chi connectivity index (χ1v) is 40.2. The van der Waals surface area contributed by atoms with Gasteiger partial charge in [0.25, 0.3) is 0 Å². The zero-order valence-electron chi connectivity index (χ0n) is 69.5. The van der Waals surface area contributed by atoms with Crippen LogP contribution >= 0.6 is 0 Å². The van der Waals surface area contributed by atoms with Crippen molar-refractivity contribution in [1.82, 2.24) is 0 Å². The molecule has 6 atom stereocenters. The molecule has 0 saturated heterocycles. The Labute approximate surface area is 661 Å². The molecule has 8 rings (SSSR count). The van der Waals surface area contributed by atoms with Gasteiger partial charge in [0.2, 0.25) is 0 Å². The van der Waals surface area contributed by atoms with E-state index in [0.29, 0.717) is 98.0 Å². The van der Waals surface area contributed by atoms with Gasteiger partial charge in [-0.15, -0.1) is 0 Å². The molecule has 0 aromatic heterocycles. The van der Waals surface area contributed by atoms with Gasteiger partial charge in [-0.25, -0.2) is 28.8 Å². The van der Waals surface area contributed by atoms with Crippen LogP contribution in [-0.4, -0.2) is 175 Å². The quantitative estimate of drug-likeness (QED) is 0.0168. The molecule has 6 unspecified atom stereocenters. The molecule has 0 bridgehead atoms. The summed E-state index contributed by atoms with van der Waals surface area (Å²) in [6, 6.07) is 20.6. The van der Waals surface area contributed by atoms with E-state index in [1.54, 1.807) is 7.11 Å². The zero-order chi connectivity index (χ0) is 82.7. The lowest BCUT2D eigenvalue weighted by atomic mass is 9.49. The third-order valence-electron chi connectivity index (χ3n) is 22.0. The lowest BCUT2D eigenvalue weighted by Crippen LogP contribution is -2.53. The highest BCUT2D eigenvalue weighted by Crippen LogP contribution is 2.60. The second-order valence-electron chi connectivity index (χ2n) is 30.6. The van der Waals surface area contributed by atoms with Crippen LogP contribution in [0.1, 0.15) is 318 Å². The largest absolute Gasteiger partial charge is 0.469 e. The number of hydrogen-bond donors (Lipinski definition) is 5. The second kappa shape index (κ2) is 51.2. The monoisotopic (exact) mass is 1550 g/mol. The molecule has 4 aromatic rings. The SMILES string of the molecule is CC(C)c1cc2c(cc1C(=O)OCCCCO)C1(C)CCCC(C)(C(=O)OCCCCO)C1CC2.CCCCCC.COC(=O)c1cc2c(cc1C(C)C)CCC1C(C)(C(=O)OC)CCCC21C.COC(=O)c1ccc(C(=O)OC)cc1.COCCCCO.O=C(OCCCCO)c1ccc(C(=O)OCCCCO)cc1. The van der Waals surface area contributed by atoms with Gasteiger partial charge in [-0.2, -0.15) is 0 Å². The predicted molar refractivity (Wildman–Crippen MR) is 427 cm³/mol. The molecule has 5 N–H and O–H groups in total. The zero-order valence-corrected chi connectivity index (χ0v) is 69.5. The maximum absolute atomic E-state index is 13.3. The van der Waals surface area contributed by atoms with E-state index in [2.05, 4.69) is 103 Å². The molecule has 0 heterocycles. The van der Waals surface area contributed by atoms with Crippen LogP contribution in [0.25, 0.3) is 0 Å². The highest BCUT2D eigenvalue weighted by atomic mass is 16.6. The Morgan fingerprint density at radius 1 is 0.378 bits per heavy atom. The maximum atomic E-state index is 13.3. The molecule has 4 aliphatic rings. The van der Waals surface area contributed by atoms with Crippen molar-refractivity contribution in [3.05, 3.63) is 140 Å². The van der Waals surface area contributed by atoms with Gasteiger partial charge in [0.1, 0.15) is 0 Å². The number of hydrogen-bond acceptors (Lipinski definition) is 22. The fourth-order valence-electron chi connectivity index (χ4n) is 15.7. The summed E-state index contributed by atoms with van der Waals surface area (Å²) < 4.78 is 45.4. The molecule has 0 radical (unpaired) electrons. The summed E-state index contributed by atoms with van der Waals surface area (Å²) in [5.74, 6) is -1.79. The summed E-state index contributed by atoms with van der Waals surface area (Å²) in [4.78, 5) is 97.0. The number of rotatable bonds is 33. The van der Waals surface area contributed by atoms with Crippen LogP contribution in [-0.2, 0) is 75.9 Å². The Hall–Kier alpha value is -7.60. The van der Waals surface area contributed by atoms with Crippen molar-refractivity contribution in [2.75, 3.05) is 102 Å². The van der Waals surface area contributed by atoms with Crippen LogP contribution in [0.2, 0.25) is 0 Å². The number of unbranched alkanes of at least 4 members (excludes halogenated alkanes) is 8. The fourth-order valence-corrected chi connectivity index (χ4v) is 15.7. The molecule has 0 aliphatic heterocycles. The normalized spacial score (nSPS) is 19.6. The molecule has 622 valence electrons. The third-order valence-corrected chi connectivity index (χ3v) is 22.0. The predicted octanol–water partition coefficient (Wildman–Crippen LogP) is 15.6. The first kappa shape index (κ1) is 97.6. The average molecular weight is 1560 g/mol. The minimum Gasteiger partial charge on any atom is -0.469 e. The van der Waals surface area contributed by atoms with Gasteiger partial charge in [0.15, 0.2) is 0 Å². The minimum absolute atomic E-state index is 0.0761. The van der Waals surface area contributed by atoms with Gasteiger partial charge >= 0.3 is 47.8 Å². The number of fused-ring (bicyclic) bond motifs is 6. The molecule has 4 aliphatic carbocycles. The summed E-state index contributed by atoms with van der Waals surface area (Å²) in [6.07, 6.45) is 21.6. The lowest BCUT2D eigenvalue weighted by molar-refractivity contribution is -0.164. The Morgan fingerprint density at radius 2 is 0.694 bits per heavy atom. The molecular formula is C89H134O22. The summed E-state index contributed by atoms with van der Waals surface area (Å²) in [7, 11) is 7.19. The molecule has 0 spiro atoms. The van der Waals surface area contributed by atoms with E-state index in [1.807, 2.05) is 0 Å². The molecule has 2 fully saturated rings. The highest BCUT2D eigenvalue weighted by Gasteiger charge is 2.57. The third kappa shape index (κ3) is 28.8. The Balaban J connectivity index is 0.000000375. The van der Waals surface area contributed by atoms with Crippen LogP contribution in [0.4, 0.5) is 0 Å². The molecule has 111 heavy (non-hydrogen) atoms. The highest BCUT2D eigenvalue weighted by molar-refractivity contribution is 5.95. The lowest BCUT2D eigenvalue weighted by Gasteiger charge is -2.54. The molecule has 22 heteroatoms. The molecule has 2 saturated carbocycles. The van der Waals surface area contributed by atoms with Crippen molar-refractivity contribution in [3.63, 3.8) is 0 Å². The standard InChI is InChI=1S/C29H44O6.C23H32O4.C16H22O6.C10H10O4.C6H14.C5H12O2/c1-20(2)22-18-21-10-11-25-28(3,24(21)19-23(22)26(32)34-16-7-5-14-30)12-9-13-29(25,4)27(33)35-17-8-6-15-31;1-14(2)16-12-15-8-9-19-22(3,18(15)13-17(16)20(24)26-5)10-7-11-23(19,4)21(25)27-6;17-9-1-3-11-21-15(19)13-5-7-14(8-6-13)16(20)22-12-4-2-10-18;1-13-9(11)7-3-5-8(6-4-7)10(12)14-2;1-3-5-6-4-2;1-7-5-3-2-4-6/h18-20,25,30-31H,5-17H2,1-4H3;12-14,19H,7-11H2,1-6H3;5-8,17-18H,1-4,9-12H2;3-6H,1-2H3;3-6H2,1-2H3;6H,2-5H2,1H3. The average Bonchev–Trinajstić information content (AvgIpc) is 0.725. The van der Waals surface area contributed by atoms with Crippen molar-refractivity contribution in [3.8, 4) is 0 Å². The summed E-state index contributed by atoms with van der Waals surface area (Å²) in [5.41, 5.74) is 8.51. The van der Waals surface area contributed by atoms with Gasteiger partial charge in [-0.3, -0.25) is 9.59 Å². The summed E-state index contributed by atoms with van der Waals surface area (Å²) in [6.45, 7) is 24.1. The van der Waals surface area contributed by atoms with Gasteiger partial charge < -0.3 is 68.2 Å². The maximum Gasteiger partial charge on any atom is 0.338 e. The molecule has 4 aromatic carbocycles. The van der Waals surface area contributed by atoms with Crippen molar-refractivity contribution in [1.29, 1.82) is 0 Å². The van der Waals surface area contributed by atoms with E-state index < -0.39 is 34.7 Å². The molecular weight excluding hydrogens is 1420 g/mol. The fraction of sp³-hybridized carbons (Fsp3) is 0.640. The van der Waals surface area contributed by atoms with Crippen molar-refractivity contribution in [2.24, 2.45) is 22.7 Å². The van der Waals surface area contributed by atoms with E-state index in [-0.39, 0.29) is 105 Å². The van der Waals surface area contributed by atoms with E-state index in [0.717, 1.165) is 94.8 Å². The molecule has 22 nitrogen and oxygen atoms in total. The van der Waals surface area contributed by atoms with Crippen LogP contribution in [0, 0.1) is 22.7 Å². The topological polar surface area (TPSA) is 321 Å². The number of carbonyl (C=O) groups excluding carboxylic acids is 8. The van der Waals surface area contributed by atoms with Crippen LogP contribution < -0.4 is 0 Å². The number of carbonyl (C=O) groups is 8. The number of aliphatic hydroxyl groups excluding tert-OH is 5. The number of esters is 8. The molecule has 0 amide bonds. The number of methoxy groups -OCH3 is 5. The van der Waals surface area contributed by atoms with Crippen LogP contribution in [0.5, 0.6) is 0 Å². The van der Waals surface area contributed by atoms with Crippen LogP contribution in [0.15, 0.2) is 72.8 Å². The van der Waals surface area contributed by atoms with Gasteiger partial charge in [-0.05, 0) is 258 Å². The summed E-state index contributed by atoms with van der Waals surface area (Å²) in [5, 5.41) is 43.5. The van der Waals surface area contributed by atoms with Gasteiger partial charge in [-0.1, -0.05) is 106 Å². The van der Waals surface area contributed by atoms with Gasteiger partial charge in [0.05, 0.1) is 99.1 Å². The first-order chi connectivity index (χ1) is 53.1. The number of ether oxygens (including phenoxy) is 9. The first-order valence-electron chi connectivity index (χ1n) is 40.2. The second-order valence-corrected chi connectivity index (χ2v) is 30.6. The number of benzene rings is 4. The van der Waals surface area contributed by atoms with Crippen molar-refractivity contribution >= 4 is 47.8 Å². The Bertz CT molecular complexity index is 3390. The van der Waals surface area contributed by atoms with E-state index in [9.17, 15) is 38.4 Å². The minimum atomic E-state index is -0.564. The smallest absolute Gasteiger partial charge is 0.338 e. The Morgan fingerprint density at radius 3 is 1.01 bits per heavy atom. The summed E-state index contributed by atoms with van der Waals surface area (Å²) >= 11 is 0. The van der Waals surface area contributed by atoms with Gasteiger partial charge in [0, 0.05) is 46.8 Å². The van der Waals surface area contributed by atoms with E-state index >= 15 is 0 Å². The van der Waals surface area contributed by atoms with Crippen molar-refractivity contribution in [2.45, 2.75) is 246 Å². The Kier molecular flexibility index (Phi) is 45.0.